The minimum atomic E-state index is -5.84. The number of fused-ring (bicyclic) bond motifs is 4. The normalized spacial score (nSPS) is 24.8. The van der Waals surface area contributed by atoms with Crippen molar-refractivity contribution in [2.45, 2.75) is 48.8 Å². The molecule has 1 fully saturated rings. The van der Waals surface area contributed by atoms with Crippen molar-refractivity contribution in [3.8, 4) is 0 Å². The average Bonchev–Trinajstić information content (AvgIpc) is 3.19. The highest BCUT2D eigenvalue weighted by Crippen LogP contribution is 2.54. The van der Waals surface area contributed by atoms with Gasteiger partial charge in [0.05, 0.1) is 12.2 Å². The summed E-state index contributed by atoms with van der Waals surface area (Å²) in [6.07, 6.45) is 5.51. The Balaban J connectivity index is 0.000000314. The third kappa shape index (κ3) is 4.86. The van der Waals surface area contributed by atoms with Crippen molar-refractivity contribution >= 4 is 31.5 Å². The van der Waals surface area contributed by atoms with Crippen molar-refractivity contribution in [2.24, 2.45) is 0 Å². The Labute approximate surface area is 207 Å². The molecule has 1 aliphatic heterocycles. The molecule has 1 spiro atoms. The van der Waals surface area contributed by atoms with Gasteiger partial charge in [-0.2, -0.15) is 21.6 Å². The van der Waals surface area contributed by atoms with Crippen molar-refractivity contribution in [3.63, 3.8) is 0 Å². The second kappa shape index (κ2) is 9.48. The summed E-state index contributed by atoms with van der Waals surface area (Å²) in [5, 5.41) is 1.43. The maximum Gasteiger partial charge on any atom is 0.522 e. The maximum absolute atomic E-state index is 10.7. The van der Waals surface area contributed by atoms with Crippen LogP contribution in [0, 0.1) is 0 Å². The Morgan fingerprint density at radius 2 is 1.54 bits per heavy atom. The molecule has 5 rings (SSSR count). The smallest absolute Gasteiger partial charge is 0.370 e. The molecular formula is C25H28F3NO4S2. The van der Waals surface area contributed by atoms with E-state index < -0.39 is 15.6 Å². The summed E-state index contributed by atoms with van der Waals surface area (Å²) in [7, 11) is -1.37. The Kier molecular flexibility index (Phi) is 7.07. The number of nitrogens with zero attached hydrogens (tertiary/aromatic N) is 1. The minimum Gasteiger partial charge on any atom is -0.370 e. The fraction of sp³-hybridized carbons (Fsp3) is 0.440. The Morgan fingerprint density at radius 1 is 0.971 bits per heavy atom. The largest absolute Gasteiger partial charge is 0.522 e. The van der Waals surface area contributed by atoms with E-state index in [1.165, 1.54) is 21.2 Å². The van der Waals surface area contributed by atoms with Crippen LogP contribution in [0.25, 0.3) is 10.1 Å². The van der Waals surface area contributed by atoms with Crippen LogP contribution in [-0.2, 0) is 32.4 Å². The van der Waals surface area contributed by atoms with Crippen LogP contribution in [0.3, 0.4) is 0 Å². The molecule has 3 aromatic rings. The highest BCUT2D eigenvalue weighted by molar-refractivity contribution is 7.86. The molecule has 0 bridgehead atoms. The summed E-state index contributed by atoms with van der Waals surface area (Å²) in [5.41, 5.74) is -2.57. The van der Waals surface area contributed by atoms with Crippen molar-refractivity contribution in [1.29, 1.82) is 0 Å². The highest BCUT2D eigenvalue weighted by Gasteiger charge is 2.49. The molecular weight excluding hydrogens is 499 g/mol. The molecule has 190 valence electrons. The molecule has 2 aromatic carbocycles. The quantitative estimate of drug-likeness (QED) is 0.323. The number of halogens is 3. The number of ether oxygens (including phenoxy) is 1. The zero-order valence-corrected chi connectivity index (χ0v) is 21.1. The second-order valence-corrected chi connectivity index (χ2v) is 11.8. The van der Waals surface area contributed by atoms with E-state index in [-0.39, 0.29) is 11.1 Å². The molecule has 0 amide bonds. The number of hydrogen-bond donors (Lipinski definition) is 1. The zero-order chi connectivity index (χ0) is 25.5. The summed E-state index contributed by atoms with van der Waals surface area (Å²) in [6.45, 7) is 0.861. The Hall–Kier alpha value is -1.98. The second-order valence-electron chi connectivity index (χ2n) is 9.20. The van der Waals surface area contributed by atoms with Crippen LogP contribution >= 0.6 is 11.3 Å². The van der Waals surface area contributed by atoms with Gasteiger partial charge in [-0.15, -0.1) is 11.3 Å². The molecule has 0 saturated heterocycles. The first kappa shape index (κ1) is 26.1. The number of hydrogen-bond acceptors (Lipinski definition) is 5. The van der Waals surface area contributed by atoms with Gasteiger partial charge in [-0.3, -0.25) is 9.45 Å². The van der Waals surface area contributed by atoms with E-state index in [0.717, 1.165) is 38.7 Å². The monoisotopic (exact) mass is 527 g/mol. The van der Waals surface area contributed by atoms with E-state index in [2.05, 4.69) is 73.6 Å². The molecule has 35 heavy (non-hydrogen) atoms. The lowest BCUT2D eigenvalue weighted by Crippen LogP contribution is -2.49. The summed E-state index contributed by atoms with van der Waals surface area (Å²) in [4.78, 5) is 3.99. The highest BCUT2D eigenvalue weighted by atomic mass is 32.2. The predicted molar refractivity (Wildman–Crippen MR) is 131 cm³/mol. The van der Waals surface area contributed by atoms with Crippen LogP contribution < -0.4 is 0 Å². The summed E-state index contributed by atoms with van der Waals surface area (Å²) >= 11 is 1.98. The van der Waals surface area contributed by atoms with Gasteiger partial charge in [0.1, 0.15) is 0 Å². The van der Waals surface area contributed by atoms with Gasteiger partial charge < -0.3 is 4.74 Å². The standard InChI is InChI=1S/C24H27NOS.CHF3O3S/c1-25(2)23(18-8-4-3-5-9-18)13-15-24(16-14-23)22-19-10-6-7-11-20(19)27-21(22)12-17-26-24;2-1(3,4)8(5,6)7/h3-11H,12-17H2,1-2H3;(H,5,6,7). The molecule has 2 aliphatic rings. The molecule has 0 radical (unpaired) electrons. The molecule has 10 heteroatoms. The van der Waals surface area contributed by atoms with Gasteiger partial charge >= 0.3 is 15.6 Å². The van der Waals surface area contributed by atoms with Gasteiger partial charge in [0.2, 0.25) is 0 Å². The van der Waals surface area contributed by atoms with Crippen molar-refractivity contribution in [1.82, 2.24) is 4.90 Å². The van der Waals surface area contributed by atoms with E-state index >= 15 is 0 Å². The third-order valence-corrected chi connectivity index (χ3v) is 8.99. The number of alkyl halides is 3. The Morgan fingerprint density at radius 3 is 2.11 bits per heavy atom. The van der Waals surface area contributed by atoms with Crippen molar-refractivity contribution < 1.29 is 30.9 Å². The molecule has 1 aromatic heterocycles. The van der Waals surface area contributed by atoms with E-state index in [1.807, 2.05) is 11.3 Å². The summed E-state index contributed by atoms with van der Waals surface area (Å²) < 4.78 is 65.6. The first-order valence-corrected chi connectivity index (χ1v) is 13.6. The topological polar surface area (TPSA) is 66.8 Å². The van der Waals surface area contributed by atoms with Gasteiger partial charge in [-0.05, 0) is 56.8 Å². The average molecular weight is 528 g/mol. The van der Waals surface area contributed by atoms with Crippen LogP contribution in [0.15, 0.2) is 54.6 Å². The van der Waals surface area contributed by atoms with Crippen LogP contribution in [0.2, 0.25) is 0 Å². The van der Waals surface area contributed by atoms with Gasteiger partial charge in [0.15, 0.2) is 0 Å². The lowest BCUT2D eigenvalue weighted by Gasteiger charge is -2.51. The van der Waals surface area contributed by atoms with Gasteiger partial charge in [0.25, 0.3) is 0 Å². The van der Waals surface area contributed by atoms with Crippen LogP contribution in [0.5, 0.6) is 0 Å². The lowest BCUT2D eigenvalue weighted by molar-refractivity contribution is -0.109. The summed E-state index contributed by atoms with van der Waals surface area (Å²) in [6, 6.07) is 20.0. The molecule has 0 atom stereocenters. The van der Waals surface area contributed by atoms with E-state index in [1.54, 1.807) is 4.88 Å². The molecule has 1 N–H and O–H groups in total. The third-order valence-electron chi connectivity index (χ3n) is 7.18. The number of rotatable bonds is 2. The van der Waals surface area contributed by atoms with Gasteiger partial charge in [-0.1, -0.05) is 48.5 Å². The molecule has 0 unspecified atom stereocenters. The van der Waals surface area contributed by atoms with E-state index in [4.69, 9.17) is 17.7 Å². The van der Waals surface area contributed by atoms with E-state index in [0.29, 0.717) is 0 Å². The minimum absolute atomic E-state index is 0.0958. The van der Waals surface area contributed by atoms with E-state index in [9.17, 15) is 13.2 Å². The molecule has 1 aliphatic carbocycles. The fourth-order valence-electron chi connectivity index (χ4n) is 5.39. The van der Waals surface area contributed by atoms with Gasteiger partial charge in [-0.25, -0.2) is 0 Å². The Bertz CT molecular complexity index is 1280. The summed E-state index contributed by atoms with van der Waals surface area (Å²) in [5.74, 6) is 0. The first-order chi connectivity index (χ1) is 16.4. The lowest BCUT2D eigenvalue weighted by atomic mass is 9.67. The first-order valence-electron chi connectivity index (χ1n) is 11.3. The predicted octanol–water partition coefficient (Wildman–Crippen LogP) is 6.09. The fourth-order valence-corrected chi connectivity index (χ4v) is 6.66. The maximum atomic E-state index is 10.7. The number of thiophene rings is 1. The van der Waals surface area contributed by atoms with Crippen LogP contribution in [-0.4, -0.2) is 44.1 Å². The van der Waals surface area contributed by atoms with Crippen molar-refractivity contribution in [3.05, 3.63) is 70.6 Å². The zero-order valence-electron chi connectivity index (χ0n) is 19.5. The molecule has 5 nitrogen and oxygen atoms in total. The van der Waals surface area contributed by atoms with Crippen LogP contribution in [0.4, 0.5) is 13.2 Å². The van der Waals surface area contributed by atoms with Crippen LogP contribution in [0.1, 0.15) is 41.7 Å². The SMILES string of the molecule is CN(C)C1(c2ccccc2)CCC2(CC1)OCCc1sc3ccccc3c12.O=S(=O)(O)C(F)(F)F. The molecule has 2 heterocycles. The molecule has 1 saturated carbocycles. The van der Waals surface area contributed by atoms with Gasteiger partial charge in [0, 0.05) is 27.1 Å². The number of benzene rings is 2. The van der Waals surface area contributed by atoms with Crippen molar-refractivity contribution in [2.75, 3.05) is 20.7 Å².